The van der Waals surface area contributed by atoms with Crippen molar-refractivity contribution in [2.24, 2.45) is 5.92 Å². The highest BCUT2D eigenvalue weighted by atomic mass is 32.1. The van der Waals surface area contributed by atoms with Crippen molar-refractivity contribution in [1.82, 2.24) is 5.32 Å². The summed E-state index contributed by atoms with van der Waals surface area (Å²) in [7, 11) is 0. The number of benzene rings is 1. The number of carbonyl (C=O) groups excluding carboxylic acids is 2. The summed E-state index contributed by atoms with van der Waals surface area (Å²) < 4.78 is 5.57. The zero-order valence-electron chi connectivity index (χ0n) is 12.4. The van der Waals surface area contributed by atoms with Crippen LogP contribution in [0.2, 0.25) is 0 Å². The van der Waals surface area contributed by atoms with Crippen molar-refractivity contribution in [3.05, 3.63) is 46.8 Å². The Bertz CT molecular complexity index is 767. The largest absolute Gasteiger partial charge is 0.491 e. The molecule has 1 atom stereocenters. The molecule has 4 rings (SSSR count). The van der Waals surface area contributed by atoms with Crippen molar-refractivity contribution < 1.29 is 14.3 Å². The number of para-hydroxylation sites is 1. The van der Waals surface area contributed by atoms with Gasteiger partial charge in [0, 0.05) is 11.5 Å². The van der Waals surface area contributed by atoms with E-state index in [4.69, 9.17) is 4.74 Å². The highest BCUT2D eigenvalue weighted by Gasteiger charge is 2.30. The van der Waals surface area contributed by atoms with Crippen LogP contribution < -0.4 is 15.4 Å². The lowest BCUT2D eigenvalue weighted by molar-refractivity contribution is -0.117. The van der Waals surface area contributed by atoms with Gasteiger partial charge in [0.2, 0.25) is 5.91 Å². The lowest BCUT2D eigenvalue weighted by atomic mass is 10.1. The molecule has 0 saturated heterocycles. The first-order chi connectivity index (χ1) is 11.2. The number of hydrogen-bond donors (Lipinski definition) is 2. The van der Waals surface area contributed by atoms with Gasteiger partial charge in [-0.3, -0.25) is 9.59 Å². The maximum absolute atomic E-state index is 12.4. The summed E-state index contributed by atoms with van der Waals surface area (Å²) in [6, 6.07) is 11.1. The first-order valence-corrected chi connectivity index (χ1v) is 8.45. The number of carbonyl (C=O) groups is 2. The van der Waals surface area contributed by atoms with Gasteiger partial charge in [-0.25, -0.2) is 0 Å². The number of thiophene rings is 1. The van der Waals surface area contributed by atoms with Crippen molar-refractivity contribution in [2.75, 3.05) is 11.9 Å². The highest BCUT2D eigenvalue weighted by Crippen LogP contribution is 2.33. The Morgan fingerprint density at radius 2 is 1.96 bits per heavy atom. The quantitative estimate of drug-likeness (QED) is 0.907. The monoisotopic (exact) mass is 328 g/mol. The SMILES string of the molecule is O=C(NC1COc2ccccc21)c1ccc(NC(=O)C2CC2)s1. The van der Waals surface area contributed by atoms with Gasteiger partial charge in [0.15, 0.2) is 0 Å². The van der Waals surface area contributed by atoms with Gasteiger partial charge in [0.05, 0.1) is 15.9 Å². The second kappa shape index (κ2) is 5.70. The Morgan fingerprint density at radius 3 is 2.78 bits per heavy atom. The van der Waals surface area contributed by atoms with E-state index in [2.05, 4.69) is 10.6 Å². The maximum Gasteiger partial charge on any atom is 0.262 e. The number of hydrogen-bond acceptors (Lipinski definition) is 4. The Kier molecular flexibility index (Phi) is 3.53. The van der Waals surface area contributed by atoms with E-state index in [1.165, 1.54) is 11.3 Å². The normalized spacial score (nSPS) is 18.9. The molecular formula is C17H16N2O3S. The average molecular weight is 328 g/mol. The average Bonchev–Trinajstić information content (AvgIpc) is 3.19. The molecule has 1 aliphatic carbocycles. The van der Waals surface area contributed by atoms with E-state index < -0.39 is 0 Å². The maximum atomic E-state index is 12.4. The molecule has 2 N–H and O–H groups in total. The van der Waals surface area contributed by atoms with Crippen LogP contribution in [0, 0.1) is 5.92 Å². The van der Waals surface area contributed by atoms with E-state index in [9.17, 15) is 9.59 Å². The van der Waals surface area contributed by atoms with Gasteiger partial charge in [-0.1, -0.05) is 18.2 Å². The third-order valence-corrected chi connectivity index (χ3v) is 5.03. The van der Waals surface area contributed by atoms with Gasteiger partial charge in [0.25, 0.3) is 5.91 Å². The van der Waals surface area contributed by atoms with Crippen LogP contribution >= 0.6 is 11.3 Å². The van der Waals surface area contributed by atoms with Crippen LogP contribution in [0.1, 0.15) is 34.1 Å². The van der Waals surface area contributed by atoms with Gasteiger partial charge in [-0.2, -0.15) is 0 Å². The first-order valence-electron chi connectivity index (χ1n) is 7.64. The van der Waals surface area contributed by atoms with Gasteiger partial charge >= 0.3 is 0 Å². The molecule has 2 amide bonds. The molecule has 2 aromatic rings. The second-order valence-corrected chi connectivity index (χ2v) is 6.89. The summed E-state index contributed by atoms with van der Waals surface area (Å²) in [6.45, 7) is 0.446. The molecule has 1 unspecified atom stereocenters. The summed E-state index contributed by atoms with van der Waals surface area (Å²) in [6.07, 6.45) is 1.93. The summed E-state index contributed by atoms with van der Waals surface area (Å²) in [5.74, 6) is 0.882. The number of fused-ring (bicyclic) bond motifs is 1. The standard InChI is InChI=1S/C17H16N2O3S/c20-16(10-5-6-10)19-15-8-7-14(23-15)17(21)18-12-9-22-13-4-2-1-3-11(12)13/h1-4,7-8,10,12H,5-6,9H2,(H,18,21)(H,19,20). The predicted molar refractivity (Wildman–Crippen MR) is 87.8 cm³/mol. The van der Waals surface area contributed by atoms with Gasteiger partial charge < -0.3 is 15.4 Å². The summed E-state index contributed by atoms with van der Waals surface area (Å²) in [5, 5.41) is 6.57. The van der Waals surface area contributed by atoms with Crippen LogP contribution in [0.4, 0.5) is 5.00 Å². The minimum absolute atomic E-state index is 0.0527. The predicted octanol–water partition coefficient (Wildman–Crippen LogP) is 2.96. The number of anilines is 1. The van der Waals surface area contributed by atoms with E-state index in [1.54, 1.807) is 12.1 Å². The van der Waals surface area contributed by atoms with E-state index >= 15 is 0 Å². The molecule has 0 radical (unpaired) electrons. The van der Waals surface area contributed by atoms with Crippen LogP contribution in [0.5, 0.6) is 5.75 Å². The molecule has 2 heterocycles. The van der Waals surface area contributed by atoms with Crippen molar-refractivity contribution in [3.8, 4) is 5.75 Å². The topological polar surface area (TPSA) is 67.4 Å². The molecule has 1 aromatic heterocycles. The minimum atomic E-state index is -0.146. The van der Waals surface area contributed by atoms with E-state index in [-0.39, 0.29) is 23.8 Å². The first kappa shape index (κ1) is 14.3. The fourth-order valence-electron chi connectivity index (χ4n) is 2.61. The van der Waals surface area contributed by atoms with Crippen LogP contribution in [0.25, 0.3) is 0 Å². The van der Waals surface area contributed by atoms with Gasteiger partial charge in [0.1, 0.15) is 12.4 Å². The van der Waals surface area contributed by atoms with E-state index in [0.717, 1.165) is 29.2 Å². The van der Waals surface area contributed by atoms with Crippen molar-refractivity contribution in [1.29, 1.82) is 0 Å². The molecule has 0 spiro atoms. The molecule has 1 fully saturated rings. The van der Waals surface area contributed by atoms with Gasteiger partial charge in [-0.15, -0.1) is 11.3 Å². The molecule has 0 bridgehead atoms. The highest BCUT2D eigenvalue weighted by molar-refractivity contribution is 7.18. The Hall–Kier alpha value is -2.34. The summed E-state index contributed by atoms with van der Waals surface area (Å²) in [5.41, 5.74) is 1.000. The van der Waals surface area contributed by atoms with Crippen LogP contribution in [0.3, 0.4) is 0 Å². The Labute approximate surface area is 137 Å². The number of nitrogens with one attached hydrogen (secondary N) is 2. The third kappa shape index (κ3) is 2.94. The molecule has 5 nitrogen and oxygen atoms in total. The fraction of sp³-hybridized carbons (Fsp3) is 0.294. The summed E-state index contributed by atoms with van der Waals surface area (Å²) >= 11 is 1.29. The fourth-order valence-corrected chi connectivity index (χ4v) is 3.42. The lowest BCUT2D eigenvalue weighted by Crippen LogP contribution is -2.28. The van der Waals surface area contributed by atoms with Crippen molar-refractivity contribution in [2.45, 2.75) is 18.9 Å². The van der Waals surface area contributed by atoms with Crippen LogP contribution in [0.15, 0.2) is 36.4 Å². The number of amides is 2. The second-order valence-electron chi connectivity index (χ2n) is 5.80. The molecule has 1 aromatic carbocycles. The Morgan fingerprint density at radius 1 is 1.13 bits per heavy atom. The molecule has 1 aliphatic heterocycles. The Balaban J connectivity index is 1.42. The van der Waals surface area contributed by atoms with Crippen LogP contribution in [-0.2, 0) is 4.79 Å². The number of rotatable bonds is 4. The third-order valence-electron chi connectivity index (χ3n) is 4.03. The molecule has 6 heteroatoms. The number of ether oxygens (including phenoxy) is 1. The van der Waals surface area contributed by atoms with Crippen LogP contribution in [-0.4, -0.2) is 18.4 Å². The zero-order chi connectivity index (χ0) is 15.8. The minimum Gasteiger partial charge on any atom is -0.491 e. The molecule has 1 saturated carbocycles. The van der Waals surface area contributed by atoms with Crippen molar-refractivity contribution >= 4 is 28.2 Å². The molecular weight excluding hydrogens is 312 g/mol. The zero-order valence-corrected chi connectivity index (χ0v) is 13.2. The van der Waals surface area contributed by atoms with Crippen molar-refractivity contribution in [3.63, 3.8) is 0 Å². The molecule has 118 valence electrons. The smallest absolute Gasteiger partial charge is 0.262 e. The summed E-state index contributed by atoms with van der Waals surface area (Å²) in [4.78, 5) is 24.7. The van der Waals surface area contributed by atoms with E-state index in [0.29, 0.717) is 11.5 Å². The van der Waals surface area contributed by atoms with Gasteiger partial charge in [-0.05, 0) is 31.0 Å². The molecule has 2 aliphatic rings. The van der Waals surface area contributed by atoms with E-state index in [1.807, 2.05) is 24.3 Å². The molecule has 23 heavy (non-hydrogen) atoms. The lowest BCUT2D eigenvalue weighted by Gasteiger charge is -2.10.